The van der Waals surface area contributed by atoms with E-state index in [4.69, 9.17) is 14.2 Å². The third kappa shape index (κ3) is 4.05. The first-order valence-corrected chi connectivity index (χ1v) is 8.91. The molecule has 2 aliphatic rings. The minimum absolute atomic E-state index is 0.198. The van der Waals surface area contributed by atoms with Crippen molar-refractivity contribution in [2.45, 2.75) is 62.9 Å². The van der Waals surface area contributed by atoms with E-state index in [0.29, 0.717) is 18.6 Å². The molecule has 1 aromatic rings. The second-order valence-electron chi connectivity index (χ2n) is 6.61. The Balaban J connectivity index is 1.65. The monoisotopic (exact) mass is 330 g/mol. The van der Waals surface area contributed by atoms with Crippen LogP contribution in [-0.2, 0) is 14.2 Å². The van der Waals surface area contributed by atoms with Gasteiger partial charge in [-0.05, 0) is 37.8 Å². The van der Waals surface area contributed by atoms with Crippen LogP contribution < -0.4 is 0 Å². The van der Waals surface area contributed by atoms with E-state index < -0.39 is 5.79 Å². The van der Waals surface area contributed by atoms with Crippen LogP contribution in [0.3, 0.4) is 0 Å². The van der Waals surface area contributed by atoms with Crippen LogP contribution in [0.5, 0.6) is 0 Å². The van der Waals surface area contributed by atoms with Crippen molar-refractivity contribution in [3.05, 3.63) is 48.6 Å². The van der Waals surface area contributed by atoms with Gasteiger partial charge in [-0.1, -0.05) is 30.7 Å². The predicted molar refractivity (Wildman–Crippen MR) is 91.7 cm³/mol. The Kier molecular flexibility index (Phi) is 5.69. The first kappa shape index (κ1) is 17.2. The summed E-state index contributed by atoms with van der Waals surface area (Å²) in [6.45, 7) is 4.26. The van der Waals surface area contributed by atoms with Crippen molar-refractivity contribution in [3.8, 4) is 0 Å². The summed E-state index contributed by atoms with van der Waals surface area (Å²) in [4.78, 5) is 12.4. The number of ether oxygens (including phenoxy) is 3. The van der Waals surface area contributed by atoms with E-state index in [9.17, 15) is 4.79 Å². The molecule has 0 aromatic heterocycles. The van der Waals surface area contributed by atoms with E-state index in [-0.39, 0.29) is 18.2 Å². The molecule has 0 N–H and O–H groups in total. The fraction of sp³-hybridized carbons (Fsp3) is 0.550. The standard InChI is InChI=1S/C20H26O4/c1-2-3-12-17(23-19(21)16-10-6-4-7-11-16)18-15-22-20(24-18)13-8-5-9-14-20/h2,4,6-7,10-11,17-18H,1,3,5,8-9,12-15H2/t17-,18+/m0/s1. The Hall–Kier alpha value is -1.65. The summed E-state index contributed by atoms with van der Waals surface area (Å²) in [6, 6.07) is 9.08. The van der Waals surface area contributed by atoms with Crippen molar-refractivity contribution in [1.29, 1.82) is 0 Å². The molecule has 4 heteroatoms. The molecule has 1 saturated heterocycles. The van der Waals surface area contributed by atoms with E-state index in [2.05, 4.69) is 6.58 Å². The first-order valence-electron chi connectivity index (χ1n) is 8.91. The molecule has 0 radical (unpaired) electrons. The number of esters is 1. The molecule has 130 valence electrons. The molecule has 1 aromatic carbocycles. The van der Waals surface area contributed by atoms with Crippen LogP contribution in [0.1, 0.15) is 55.3 Å². The minimum Gasteiger partial charge on any atom is -0.456 e. The highest BCUT2D eigenvalue weighted by molar-refractivity contribution is 5.89. The number of allylic oxidation sites excluding steroid dienone is 1. The lowest BCUT2D eigenvalue weighted by Crippen LogP contribution is -2.37. The van der Waals surface area contributed by atoms with Crippen molar-refractivity contribution >= 4 is 5.97 Å². The van der Waals surface area contributed by atoms with E-state index in [0.717, 1.165) is 32.1 Å². The van der Waals surface area contributed by atoms with Gasteiger partial charge in [-0.2, -0.15) is 0 Å². The zero-order valence-electron chi connectivity index (χ0n) is 14.1. The lowest BCUT2D eigenvalue weighted by atomic mass is 9.94. The fourth-order valence-electron chi connectivity index (χ4n) is 3.50. The molecule has 2 atom stereocenters. The highest BCUT2D eigenvalue weighted by atomic mass is 16.8. The molecule has 24 heavy (non-hydrogen) atoms. The first-order chi connectivity index (χ1) is 11.7. The van der Waals surface area contributed by atoms with Crippen molar-refractivity contribution < 1.29 is 19.0 Å². The van der Waals surface area contributed by atoms with Crippen LogP contribution in [0.2, 0.25) is 0 Å². The van der Waals surface area contributed by atoms with Crippen molar-refractivity contribution in [2.24, 2.45) is 0 Å². The fourth-order valence-corrected chi connectivity index (χ4v) is 3.50. The summed E-state index contributed by atoms with van der Waals surface area (Å²) >= 11 is 0. The minimum atomic E-state index is -0.450. The number of carbonyl (C=O) groups is 1. The summed E-state index contributed by atoms with van der Waals surface area (Å²) in [5.41, 5.74) is 0.562. The zero-order chi connectivity index (χ0) is 16.8. The molecule has 0 bridgehead atoms. The summed E-state index contributed by atoms with van der Waals surface area (Å²) < 4.78 is 18.0. The maximum absolute atomic E-state index is 12.4. The van der Waals surface area contributed by atoms with Crippen molar-refractivity contribution in [1.82, 2.24) is 0 Å². The van der Waals surface area contributed by atoms with E-state index in [1.165, 1.54) is 6.42 Å². The van der Waals surface area contributed by atoms with Gasteiger partial charge in [-0.25, -0.2) is 4.79 Å². The normalized spacial score (nSPS) is 23.8. The summed E-state index contributed by atoms with van der Waals surface area (Å²) in [6.07, 6.45) is 8.19. The van der Waals surface area contributed by atoms with Crippen LogP contribution in [0.25, 0.3) is 0 Å². The van der Waals surface area contributed by atoms with Gasteiger partial charge >= 0.3 is 5.97 Å². The van der Waals surface area contributed by atoms with Gasteiger partial charge in [0.05, 0.1) is 12.2 Å². The van der Waals surface area contributed by atoms with Crippen molar-refractivity contribution in [3.63, 3.8) is 0 Å². The summed E-state index contributed by atoms with van der Waals surface area (Å²) in [7, 11) is 0. The Labute approximate surface area is 143 Å². The lowest BCUT2D eigenvalue weighted by Gasteiger charge is -2.32. The molecule has 4 nitrogen and oxygen atoms in total. The van der Waals surface area contributed by atoms with Crippen molar-refractivity contribution in [2.75, 3.05) is 6.61 Å². The topological polar surface area (TPSA) is 44.8 Å². The Morgan fingerprint density at radius 3 is 2.75 bits per heavy atom. The molecule has 1 saturated carbocycles. The predicted octanol–water partition coefficient (Wildman–Crippen LogP) is 4.25. The number of benzene rings is 1. The quantitative estimate of drug-likeness (QED) is 0.578. The highest BCUT2D eigenvalue weighted by Crippen LogP contribution is 2.39. The van der Waals surface area contributed by atoms with Gasteiger partial charge in [-0.3, -0.25) is 0 Å². The molecule has 1 heterocycles. The van der Waals surface area contributed by atoms with Gasteiger partial charge < -0.3 is 14.2 Å². The van der Waals surface area contributed by atoms with E-state index in [1.54, 1.807) is 12.1 Å². The second kappa shape index (κ2) is 7.95. The number of rotatable bonds is 6. The number of hydrogen-bond acceptors (Lipinski definition) is 4. The Morgan fingerprint density at radius 1 is 1.29 bits per heavy atom. The zero-order valence-corrected chi connectivity index (χ0v) is 14.1. The highest BCUT2D eigenvalue weighted by Gasteiger charge is 2.45. The van der Waals surface area contributed by atoms with Gasteiger partial charge in [0.15, 0.2) is 5.79 Å². The van der Waals surface area contributed by atoms with Crippen LogP contribution in [-0.4, -0.2) is 30.6 Å². The maximum Gasteiger partial charge on any atom is 0.338 e. The third-order valence-electron chi connectivity index (χ3n) is 4.83. The summed E-state index contributed by atoms with van der Waals surface area (Å²) in [5.74, 6) is -0.757. The molecular weight excluding hydrogens is 304 g/mol. The molecule has 2 fully saturated rings. The van der Waals surface area contributed by atoms with E-state index >= 15 is 0 Å². The van der Waals surface area contributed by atoms with Crippen LogP contribution in [0.4, 0.5) is 0 Å². The third-order valence-corrected chi connectivity index (χ3v) is 4.83. The van der Waals surface area contributed by atoms with Crippen LogP contribution in [0.15, 0.2) is 43.0 Å². The number of carbonyl (C=O) groups excluding carboxylic acids is 1. The lowest BCUT2D eigenvalue weighted by molar-refractivity contribution is -0.196. The van der Waals surface area contributed by atoms with Crippen LogP contribution >= 0.6 is 0 Å². The van der Waals surface area contributed by atoms with Gasteiger partial charge in [0.2, 0.25) is 0 Å². The Bertz CT molecular complexity index is 548. The molecular formula is C20H26O4. The van der Waals surface area contributed by atoms with Crippen LogP contribution in [0, 0.1) is 0 Å². The van der Waals surface area contributed by atoms with Gasteiger partial charge in [-0.15, -0.1) is 6.58 Å². The summed E-state index contributed by atoms with van der Waals surface area (Å²) in [5, 5.41) is 0. The smallest absolute Gasteiger partial charge is 0.338 e. The number of hydrogen-bond donors (Lipinski definition) is 0. The molecule has 1 spiro atoms. The second-order valence-corrected chi connectivity index (χ2v) is 6.61. The van der Waals surface area contributed by atoms with Gasteiger partial charge in [0.1, 0.15) is 12.2 Å². The molecule has 1 aliphatic carbocycles. The van der Waals surface area contributed by atoms with Gasteiger partial charge in [0, 0.05) is 12.8 Å². The average Bonchev–Trinajstić information content (AvgIpc) is 3.03. The molecule has 1 aliphatic heterocycles. The molecule has 0 amide bonds. The molecule has 3 rings (SSSR count). The average molecular weight is 330 g/mol. The maximum atomic E-state index is 12.4. The largest absolute Gasteiger partial charge is 0.456 e. The van der Waals surface area contributed by atoms with E-state index in [1.807, 2.05) is 24.3 Å². The SMILES string of the molecule is C=CCC[C@H](OC(=O)c1ccccc1)[C@H]1COC2(CCCCC2)O1. The van der Waals surface area contributed by atoms with Gasteiger partial charge in [0.25, 0.3) is 0 Å². The Morgan fingerprint density at radius 2 is 2.04 bits per heavy atom. The molecule has 0 unspecified atom stereocenters.